The van der Waals surface area contributed by atoms with Crippen LogP contribution in [0.15, 0.2) is 24.3 Å². The minimum Gasteiger partial charge on any atom is -0.474 e. The van der Waals surface area contributed by atoms with Crippen LogP contribution in [0, 0.1) is 5.92 Å². The molecule has 1 aliphatic rings. The molecule has 4 heteroatoms. The lowest BCUT2D eigenvalue weighted by Gasteiger charge is -2.27. The number of para-hydroxylation sites is 1. The number of benzene rings is 1. The zero-order valence-electron chi connectivity index (χ0n) is 12.8. The SMILES string of the molecule is CCNc1nc(OC2CCCC(C)C2)c2ccccc2n1. The highest BCUT2D eigenvalue weighted by atomic mass is 16.5. The van der Waals surface area contributed by atoms with E-state index in [0.717, 1.165) is 42.1 Å². The number of hydrogen-bond acceptors (Lipinski definition) is 4. The normalized spacial score (nSPS) is 22.2. The Balaban J connectivity index is 1.91. The first-order chi connectivity index (χ1) is 10.3. The van der Waals surface area contributed by atoms with Crippen LogP contribution in [0.25, 0.3) is 10.9 Å². The van der Waals surface area contributed by atoms with E-state index in [9.17, 15) is 0 Å². The van der Waals surface area contributed by atoms with Gasteiger partial charge in [-0.2, -0.15) is 4.98 Å². The summed E-state index contributed by atoms with van der Waals surface area (Å²) in [6.07, 6.45) is 5.08. The van der Waals surface area contributed by atoms with Gasteiger partial charge in [-0.05, 0) is 44.2 Å². The molecule has 2 aromatic rings. The van der Waals surface area contributed by atoms with Gasteiger partial charge in [0, 0.05) is 6.54 Å². The summed E-state index contributed by atoms with van der Waals surface area (Å²) in [6.45, 7) is 5.15. The zero-order chi connectivity index (χ0) is 14.7. The van der Waals surface area contributed by atoms with Crippen molar-refractivity contribution in [1.29, 1.82) is 0 Å². The van der Waals surface area contributed by atoms with E-state index in [4.69, 9.17) is 4.74 Å². The smallest absolute Gasteiger partial charge is 0.226 e. The van der Waals surface area contributed by atoms with Crippen LogP contribution >= 0.6 is 0 Å². The van der Waals surface area contributed by atoms with Gasteiger partial charge in [-0.3, -0.25) is 0 Å². The average Bonchev–Trinajstić information content (AvgIpc) is 2.48. The third kappa shape index (κ3) is 3.26. The van der Waals surface area contributed by atoms with Crippen LogP contribution in [0.2, 0.25) is 0 Å². The third-order valence-electron chi connectivity index (χ3n) is 4.07. The minimum absolute atomic E-state index is 0.279. The van der Waals surface area contributed by atoms with Crippen molar-refractivity contribution < 1.29 is 4.74 Å². The fraction of sp³-hybridized carbons (Fsp3) is 0.529. The summed E-state index contributed by atoms with van der Waals surface area (Å²) < 4.78 is 6.23. The lowest BCUT2D eigenvalue weighted by Crippen LogP contribution is -2.24. The van der Waals surface area contributed by atoms with Gasteiger partial charge in [-0.15, -0.1) is 0 Å². The maximum Gasteiger partial charge on any atom is 0.226 e. The summed E-state index contributed by atoms with van der Waals surface area (Å²) in [5.74, 6) is 2.11. The van der Waals surface area contributed by atoms with Gasteiger partial charge in [0.15, 0.2) is 0 Å². The van der Waals surface area contributed by atoms with E-state index in [0.29, 0.717) is 5.95 Å². The number of aromatic nitrogens is 2. The quantitative estimate of drug-likeness (QED) is 0.921. The number of anilines is 1. The molecule has 2 atom stereocenters. The summed E-state index contributed by atoms with van der Waals surface area (Å²) in [4.78, 5) is 9.10. The Morgan fingerprint density at radius 1 is 1.24 bits per heavy atom. The second-order valence-corrected chi connectivity index (χ2v) is 5.91. The van der Waals surface area contributed by atoms with Crippen molar-refractivity contribution >= 4 is 16.9 Å². The molecule has 112 valence electrons. The van der Waals surface area contributed by atoms with E-state index >= 15 is 0 Å². The van der Waals surface area contributed by atoms with Gasteiger partial charge in [-0.1, -0.05) is 25.5 Å². The Morgan fingerprint density at radius 3 is 2.90 bits per heavy atom. The molecule has 1 heterocycles. The average molecular weight is 285 g/mol. The summed E-state index contributed by atoms with van der Waals surface area (Å²) >= 11 is 0. The molecule has 1 aliphatic carbocycles. The van der Waals surface area contributed by atoms with E-state index in [1.165, 1.54) is 12.8 Å². The van der Waals surface area contributed by atoms with E-state index in [1.54, 1.807) is 0 Å². The van der Waals surface area contributed by atoms with Gasteiger partial charge >= 0.3 is 0 Å². The minimum atomic E-state index is 0.279. The fourth-order valence-corrected chi connectivity index (χ4v) is 3.02. The monoisotopic (exact) mass is 285 g/mol. The molecule has 0 bridgehead atoms. The van der Waals surface area contributed by atoms with Crippen LogP contribution in [0.5, 0.6) is 5.88 Å². The standard InChI is InChI=1S/C17H23N3O/c1-3-18-17-19-15-10-5-4-9-14(15)16(20-17)21-13-8-6-7-12(2)11-13/h4-5,9-10,12-13H,3,6-8,11H2,1-2H3,(H,18,19,20). The van der Waals surface area contributed by atoms with Gasteiger partial charge in [0.1, 0.15) is 6.10 Å². The van der Waals surface area contributed by atoms with Crippen molar-refractivity contribution in [2.24, 2.45) is 5.92 Å². The maximum absolute atomic E-state index is 6.23. The number of nitrogens with zero attached hydrogens (tertiary/aromatic N) is 2. The lowest BCUT2D eigenvalue weighted by molar-refractivity contribution is 0.126. The Kier molecular flexibility index (Phi) is 4.23. The first-order valence-corrected chi connectivity index (χ1v) is 7.93. The predicted molar refractivity (Wildman–Crippen MR) is 85.7 cm³/mol. The third-order valence-corrected chi connectivity index (χ3v) is 4.07. The van der Waals surface area contributed by atoms with Crippen LogP contribution < -0.4 is 10.1 Å². The van der Waals surface area contributed by atoms with Gasteiger partial charge in [-0.25, -0.2) is 4.98 Å². The van der Waals surface area contributed by atoms with Crippen molar-refractivity contribution in [3.05, 3.63) is 24.3 Å². The Labute approximate surface area is 125 Å². The number of rotatable bonds is 4. The molecular weight excluding hydrogens is 262 g/mol. The molecule has 0 spiro atoms. The van der Waals surface area contributed by atoms with Crippen molar-refractivity contribution in [3.63, 3.8) is 0 Å². The number of fused-ring (bicyclic) bond motifs is 1. The van der Waals surface area contributed by atoms with Gasteiger partial charge in [0.25, 0.3) is 0 Å². The Bertz CT molecular complexity index is 614. The molecule has 2 unspecified atom stereocenters. The molecule has 1 N–H and O–H groups in total. The molecule has 0 radical (unpaired) electrons. The highest BCUT2D eigenvalue weighted by molar-refractivity contribution is 5.84. The highest BCUT2D eigenvalue weighted by Gasteiger charge is 2.22. The van der Waals surface area contributed by atoms with Crippen LogP contribution in [0.4, 0.5) is 5.95 Å². The molecule has 4 nitrogen and oxygen atoms in total. The van der Waals surface area contributed by atoms with E-state index in [-0.39, 0.29) is 6.10 Å². The van der Waals surface area contributed by atoms with E-state index < -0.39 is 0 Å². The molecule has 1 aromatic heterocycles. The second-order valence-electron chi connectivity index (χ2n) is 5.91. The van der Waals surface area contributed by atoms with Gasteiger partial charge in [0.2, 0.25) is 11.8 Å². The van der Waals surface area contributed by atoms with Crippen LogP contribution in [-0.4, -0.2) is 22.6 Å². The first-order valence-electron chi connectivity index (χ1n) is 7.93. The fourth-order valence-electron chi connectivity index (χ4n) is 3.02. The Hall–Kier alpha value is -1.84. The van der Waals surface area contributed by atoms with Gasteiger partial charge in [0.05, 0.1) is 10.9 Å². The molecule has 3 rings (SSSR count). The molecular formula is C17H23N3O. The predicted octanol–water partition coefficient (Wildman–Crippen LogP) is 4.02. The molecule has 0 aliphatic heterocycles. The molecule has 1 aromatic carbocycles. The topological polar surface area (TPSA) is 47.0 Å². The Morgan fingerprint density at radius 2 is 2.10 bits per heavy atom. The molecule has 1 saturated carbocycles. The van der Waals surface area contributed by atoms with Crippen LogP contribution in [0.1, 0.15) is 39.5 Å². The number of ether oxygens (including phenoxy) is 1. The van der Waals surface area contributed by atoms with Crippen molar-refractivity contribution in [1.82, 2.24) is 9.97 Å². The highest BCUT2D eigenvalue weighted by Crippen LogP contribution is 2.30. The van der Waals surface area contributed by atoms with Crippen LogP contribution in [0.3, 0.4) is 0 Å². The molecule has 1 fully saturated rings. The summed E-state index contributed by atoms with van der Waals surface area (Å²) in [5, 5.41) is 4.18. The number of hydrogen-bond donors (Lipinski definition) is 1. The number of nitrogens with one attached hydrogen (secondary N) is 1. The maximum atomic E-state index is 6.23. The zero-order valence-corrected chi connectivity index (χ0v) is 12.8. The summed E-state index contributed by atoms with van der Waals surface area (Å²) in [7, 11) is 0. The summed E-state index contributed by atoms with van der Waals surface area (Å²) in [6, 6.07) is 8.05. The van der Waals surface area contributed by atoms with Crippen LogP contribution in [-0.2, 0) is 0 Å². The lowest BCUT2D eigenvalue weighted by atomic mass is 9.89. The van der Waals surface area contributed by atoms with Crippen molar-refractivity contribution in [2.45, 2.75) is 45.6 Å². The second kappa shape index (κ2) is 6.29. The van der Waals surface area contributed by atoms with Crippen molar-refractivity contribution in [3.8, 4) is 5.88 Å². The largest absolute Gasteiger partial charge is 0.474 e. The van der Waals surface area contributed by atoms with Gasteiger partial charge < -0.3 is 10.1 Å². The molecule has 0 amide bonds. The first kappa shape index (κ1) is 14.1. The summed E-state index contributed by atoms with van der Waals surface area (Å²) in [5.41, 5.74) is 0.933. The van der Waals surface area contributed by atoms with E-state index in [1.807, 2.05) is 31.2 Å². The molecule has 0 saturated heterocycles. The van der Waals surface area contributed by atoms with E-state index in [2.05, 4.69) is 22.2 Å². The molecule has 21 heavy (non-hydrogen) atoms. The van der Waals surface area contributed by atoms with Crippen molar-refractivity contribution in [2.75, 3.05) is 11.9 Å².